The minimum atomic E-state index is -0.516. The summed E-state index contributed by atoms with van der Waals surface area (Å²) >= 11 is 3.38. The van der Waals surface area contributed by atoms with E-state index >= 15 is 0 Å². The number of nitrogens with one attached hydrogen (secondary N) is 1. The molecule has 0 saturated heterocycles. The lowest BCUT2D eigenvalue weighted by atomic mass is 10.2. The van der Waals surface area contributed by atoms with Gasteiger partial charge in [0.15, 0.2) is 0 Å². The lowest BCUT2D eigenvalue weighted by Gasteiger charge is -2.08. The smallest absolute Gasteiger partial charge is 0.270 e. The second-order valence-corrected chi connectivity index (χ2v) is 6.86. The number of amides is 1. The lowest BCUT2D eigenvalue weighted by molar-refractivity contribution is 0.102. The molecule has 2 aromatic heterocycles. The van der Waals surface area contributed by atoms with Gasteiger partial charge in [-0.25, -0.2) is 4.98 Å². The van der Waals surface area contributed by atoms with Gasteiger partial charge in [-0.05, 0) is 60.7 Å². The van der Waals surface area contributed by atoms with Crippen LogP contribution < -0.4 is 15.6 Å². The summed E-state index contributed by atoms with van der Waals surface area (Å²) in [5.74, 6) is 0.820. The van der Waals surface area contributed by atoms with E-state index < -0.39 is 11.5 Å². The molecule has 0 bridgehead atoms. The van der Waals surface area contributed by atoms with E-state index in [0.717, 1.165) is 4.47 Å². The Labute approximate surface area is 168 Å². The van der Waals surface area contributed by atoms with Crippen molar-refractivity contribution in [2.75, 3.05) is 5.32 Å². The molecule has 0 saturated carbocycles. The summed E-state index contributed by atoms with van der Waals surface area (Å²) in [7, 11) is 0. The normalized spacial score (nSPS) is 10.6. The number of aromatic nitrogens is 2. The van der Waals surface area contributed by atoms with Crippen LogP contribution in [0.2, 0.25) is 0 Å². The number of ether oxygens (including phenoxy) is 1. The Hall–Kier alpha value is -3.45. The maximum atomic E-state index is 12.5. The first kappa shape index (κ1) is 17.9. The molecule has 0 atom stereocenters. The molecule has 0 spiro atoms. The maximum absolute atomic E-state index is 12.5. The average Bonchev–Trinajstić information content (AvgIpc) is 2.71. The summed E-state index contributed by atoms with van der Waals surface area (Å²) in [5.41, 5.74) is 0.585. The number of hydrogen-bond donors (Lipinski definition) is 1. The zero-order valence-electron chi connectivity index (χ0n) is 14.5. The molecule has 0 aliphatic rings. The minimum absolute atomic E-state index is 0.0288. The molecule has 6 nitrogen and oxygen atoms in total. The zero-order chi connectivity index (χ0) is 19.5. The summed E-state index contributed by atoms with van der Waals surface area (Å²) < 4.78 is 8.06. The fourth-order valence-electron chi connectivity index (χ4n) is 2.63. The molecule has 4 aromatic rings. The van der Waals surface area contributed by atoms with Crippen molar-refractivity contribution in [1.82, 2.24) is 9.38 Å². The van der Waals surface area contributed by atoms with Gasteiger partial charge in [-0.15, -0.1) is 0 Å². The summed E-state index contributed by atoms with van der Waals surface area (Å²) in [6, 6.07) is 19.6. The SMILES string of the molecule is O=C(Nc1ccc(Oc2ccc(Br)cc2)cc1)c1cnc2ccccn2c1=O. The van der Waals surface area contributed by atoms with Crippen molar-refractivity contribution in [3.63, 3.8) is 0 Å². The Morgan fingerprint density at radius 3 is 2.36 bits per heavy atom. The van der Waals surface area contributed by atoms with Crippen LogP contribution in [0.4, 0.5) is 5.69 Å². The van der Waals surface area contributed by atoms with Gasteiger partial charge in [0.1, 0.15) is 22.7 Å². The highest BCUT2D eigenvalue weighted by Gasteiger charge is 2.13. The molecule has 0 radical (unpaired) electrons. The summed E-state index contributed by atoms with van der Waals surface area (Å²) in [4.78, 5) is 29.1. The predicted molar refractivity (Wildman–Crippen MR) is 110 cm³/mol. The molecule has 0 fully saturated rings. The average molecular weight is 436 g/mol. The van der Waals surface area contributed by atoms with Crippen molar-refractivity contribution >= 4 is 33.2 Å². The molecule has 28 heavy (non-hydrogen) atoms. The molecule has 138 valence electrons. The van der Waals surface area contributed by atoms with Crippen molar-refractivity contribution in [1.29, 1.82) is 0 Å². The van der Waals surface area contributed by atoms with Gasteiger partial charge in [-0.1, -0.05) is 22.0 Å². The van der Waals surface area contributed by atoms with Crippen molar-refractivity contribution < 1.29 is 9.53 Å². The monoisotopic (exact) mass is 435 g/mol. The molecule has 0 aliphatic heterocycles. The Morgan fingerprint density at radius 1 is 0.964 bits per heavy atom. The number of rotatable bonds is 4. The van der Waals surface area contributed by atoms with Gasteiger partial charge in [0.25, 0.3) is 11.5 Å². The van der Waals surface area contributed by atoms with Gasteiger partial charge in [-0.3, -0.25) is 14.0 Å². The Morgan fingerprint density at radius 2 is 1.64 bits per heavy atom. The number of nitrogens with zero attached hydrogens (tertiary/aromatic N) is 2. The van der Waals surface area contributed by atoms with E-state index in [9.17, 15) is 9.59 Å². The fraction of sp³-hybridized carbons (Fsp3) is 0. The highest BCUT2D eigenvalue weighted by molar-refractivity contribution is 9.10. The topological polar surface area (TPSA) is 72.7 Å². The lowest BCUT2D eigenvalue weighted by Crippen LogP contribution is -2.26. The molecule has 2 heterocycles. The molecule has 4 rings (SSSR count). The number of fused-ring (bicyclic) bond motifs is 1. The third kappa shape index (κ3) is 3.79. The standard InChI is InChI=1S/C21H14BrN3O3/c22-14-4-8-16(9-5-14)28-17-10-6-15(7-11-17)24-20(26)18-13-23-19-3-1-2-12-25(19)21(18)27/h1-13H,(H,24,26). The number of pyridine rings is 1. The summed E-state index contributed by atoms with van der Waals surface area (Å²) in [6.07, 6.45) is 2.87. The number of hydrogen-bond acceptors (Lipinski definition) is 4. The Balaban J connectivity index is 1.50. The number of benzene rings is 2. The van der Waals surface area contributed by atoms with Gasteiger partial charge in [-0.2, -0.15) is 0 Å². The second-order valence-electron chi connectivity index (χ2n) is 5.94. The summed E-state index contributed by atoms with van der Waals surface area (Å²) in [6.45, 7) is 0. The van der Waals surface area contributed by atoms with Crippen LogP contribution in [0.5, 0.6) is 11.5 Å². The van der Waals surface area contributed by atoms with Crippen LogP contribution >= 0.6 is 15.9 Å². The molecular formula is C21H14BrN3O3. The maximum Gasteiger partial charge on any atom is 0.270 e. The number of carbonyl (C=O) groups is 1. The molecule has 2 aromatic carbocycles. The van der Waals surface area contributed by atoms with Crippen LogP contribution in [0.3, 0.4) is 0 Å². The first-order valence-electron chi connectivity index (χ1n) is 8.41. The number of anilines is 1. The van der Waals surface area contributed by atoms with Crippen molar-refractivity contribution in [3.05, 3.63) is 99.5 Å². The van der Waals surface area contributed by atoms with E-state index in [1.807, 2.05) is 24.3 Å². The van der Waals surface area contributed by atoms with Crippen LogP contribution in [-0.4, -0.2) is 15.3 Å². The van der Waals surface area contributed by atoms with E-state index in [0.29, 0.717) is 22.8 Å². The molecule has 0 aliphatic carbocycles. The largest absolute Gasteiger partial charge is 0.457 e. The number of halogens is 1. The van der Waals surface area contributed by atoms with Gasteiger partial charge < -0.3 is 10.1 Å². The summed E-state index contributed by atoms with van der Waals surface area (Å²) in [5, 5.41) is 2.71. The van der Waals surface area contributed by atoms with Gasteiger partial charge in [0.2, 0.25) is 0 Å². The van der Waals surface area contributed by atoms with E-state index in [-0.39, 0.29) is 5.56 Å². The van der Waals surface area contributed by atoms with E-state index in [4.69, 9.17) is 4.74 Å². The van der Waals surface area contributed by atoms with Gasteiger partial charge in [0.05, 0.1) is 0 Å². The molecule has 1 N–H and O–H groups in total. The van der Waals surface area contributed by atoms with Crippen molar-refractivity contribution in [2.45, 2.75) is 0 Å². The second kappa shape index (κ2) is 7.66. The van der Waals surface area contributed by atoms with Crippen molar-refractivity contribution in [2.24, 2.45) is 0 Å². The predicted octanol–water partition coefficient (Wildman–Crippen LogP) is 4.50. The van der Waals surface area contributed by atoms with E-state index in [2.05, 4.69) is 26.2 Å². The number of carbonyl (C=O) groups excluding carboxylic acids is 1. The quantitative estimate of drug-likeness (QED) is 0.511. The molecule has 1 amide bonds. The minimum Gasteiger partial charge on any atom is -0.457 e. The van der Waals surface area contributed by atoms with Crippen LogP contribution in [0.15, 0.2) is 88.4 Å². The van der Waals surface area contributed by atoms with Crippen molar-refractivity contribution in [3.8, 4) is 11.5 Å². The zero-order valence-corrected chi connectivity index (χ0v) is 16.1. The first-order chi connectivity index (χ1) is 13.6. The van der Waals surface area contributed by atoms with Gasteiger partial charge >= 0.3 is 0 Å². The Bertz CT molecular complexity index is 1200. The molecule has 7 heteroatoms. The van der Waals surface area contributed by atoms with Crippen LogP contribution in [-0.2, 0) is 0 Å². The molecule has 0 unspecified atom stereocenters. The van der Waals surface area contributed by atoms with Crippen LogP contribution in [0.25, 0.3) is 5.65 Å². The Kier molecular flexibility index (Phi) is 4.90. The highest BCUT2D eigenvalue weighted by Crippen LogP contribution is 2.24. The highest BCUT2D eigenvalue weighted by atomic mass is 79.9. The third-order valence-electron chi connectivity index (χ3n) is 4.02. The van der Waals surface area contributed by atoms with Gasteiger partial charge in [0, 0.05) is 22.6 Å². The third-order valence-corrected chi connectivity index (χ3v) is 4.55. The first-order valence-corrected chi connectivity index (χ1v) is 9.21. The van der Waals surface area contributed by atoms with E-state index in [1.54, 1.807) is 48.7 Å². The fourth-order valence-corrected chi connectivity index (χ4v) is 2.89. The molecular weight excluding hydrogens is 422 g/mol. The van der Waals surface area contributed by atoms with Crippen LogP contribution in [0, 0.1) is 0 Å². The van der Waals surface area contributed by atoms with E-state index in [1.165, 1.54) is 10.6 Å². The van der Waals surface area contributed by atoms with Crippen LogP contribution in [0.1, 0.15) is 10.4 Å².